The van der Waals surface area contributed by atoms with Gasteiger partial charge in [0.1, 0.15) is 0 Å². The van der Waals surface area contributed by atoms with Crippen molar-refractivity contribution in [2.24, 2.45) is 0 Å². The van der Waals surface area contributed by atoms with Crippen LogP contribution in [0.5, 0.6) is 0 Å². The average Bonchev–Trinajstić information content (AvgIpc) is 2.55. The summed E-state index contributed by atoms with van der Waals surface area (Å²) in [4.78, 5) is 22.6. The Morgan fingerprint density at radius 2 is 2.12 bits per heavy atom. The van der Waals surface area contributed by atoms with E-state index in [4.69, 9.17) is 0 Å². The van der Waals surface area contributed by atoms with Crippen molar-refractivity contribution in [1.29, 1.82) is 0 Å². The van der Waals surface area contributed by atoms with E-state index in [9.17, 15) is 9.59 Å². The molecule has 1 aromatic rings. The molecule has 0 amide bonds. The second-order valence-electron chi connectivity index (χ2n) is 3.26. The SMILES string of the molecule is CCOC(=O)/C=C\C(=O)n1nc(C)cc1C. The standard InChI is InChI=1S/C11H14N2O3/c1-4-16-11(15)6-5-10(14)13-9(3)7-8(2)12-13/h5-7H,4H2,1-3H3/b6-5-. The number of allylic oxidation sites excluding steroid dienone is 1. The molecule has 0 saturated carbocycles. The Kier molecular flexibility index (Phi) is 3.99. The van der Waals surface area contributed by atoms with Gasteiger partial charge in [-0.2, -0.15) is 5.10 Å². The van der Waals surface area contributed by atoms with Crippen molar-refractivity contribution >= 4 is 11.9 Å². The summed E-state index contributed by atoms with van der Waals surface area (Å²) in [6.07, 6.45) is 2.25. The van der Waals surface area contributed by atoms with Gasteiger partial charge in [-0.25, -0.2) is 9.48 Å². The Bertz CT molecular complexity index is 432. The van der Waals surface area contributed by atoms with E-state index in [1.165, 1.54) is 4.68 Å². The van der Waals surface area contributed by atoms with Gasteiger partial charge in [-0.15, -0.1) is 0 Å². The van der Waals surface area contributed by atoms with Crippen molar-refractivity contribution in [2.75, 3.05) is 6.61 Å². The van der Waals surface area contributed by atoms with Gasteiger partial charge in [0, 0.05) is 17.8 Å². The number of hydrogen-bond acceptors (Lipinski definition) is 4. The van der Waals surface area contributed by atoms with Crippen LogP contribution < -0.4 is 0 Å². The molecule has 0 N–H and O–H groups in total. The summed E-state index contributed by atoms with van der Waals surface area (Å²) in [5, 5.41) is 4.00. The highest BCUT2D eigenvalue weighted by Crippen LogP contribution is 2.01. The summed E-state index contributed by atoms with van der Waals surface area (Å²) in [6, 6.07) is 1.79. The summed E-state index contributed by atoms with van der Waals surface area (Å²) in [5.41, 5.74) is 1.49. The van der Waals surface area contributed by atoms with E-state index in [1.54, 1.807) is 26.8 Å². The van der Waals surface area contributed by atoms with Crippen molar-refractivity contribution in [1.82, 2.24) is 9.78 Å². The minimum absolute atomic E-state index is 0.289. The lowest BCUT2D eigenvalue weighted by molar-refractivity contribution is -0.137. The first-order chi connectivity index (χ1) is 7.54. The predicted octanol–water partition coefficient (Wildman–Crippen LogP) is 1.26. The smallest absolute Gasteiger partial charge is 0.330 e. The quantitative estimate of drug-likeness (QED) is 0.570. The van der Waals surface area contributed by atoms with Gasteiger partial charge in [0.05, 0.1) is 12.3 Å². The molecule has 0 bridgehead atoms. The fourth-order valence-electron chi connectivity index (χ4n) is 1.25. The van der Waals surface area contributed by atoms with E-state index < -0.39 is 5.97 Å². The molecule has 0 aliphatic heterocycles. The van der Waals surface area contributed by atoms with Crippen LogP contribution in [-0.4, -0.2) is 28.3 Å². The molecule has 5 nitrogen and oxygen atoms in total. The van der Waals surface area contributed by atoms with E-state index in [0.717, 1.165) is 23.5 Å². The molecule has 1 aromatic heterocycles. The number of rotatable bonds is 3. The number of nitrogens with zero attached hydrogens (tertiary/aromatic N) is 2. The Hall–Kier alpha value is -1.91. The van der Waals surface area contributed by atoms with Gasteiger partial charge < -0.3 is 4.74 Å². The zero-order valence-corrected chi connectivity index (χ0v) is 9.56. The number of esters is 1. The van der Waals surface area contributed by atoms with E-state index >= 15 is 0 Å². The molecule has 16 heavy (non-hydrogen) atoms. The summed E-state index contributed by atoms with van der Waals surface area (Å²) >= 11 is 0. The second-order valence-corrected chi connectivity index (χ2v) is 3.26. The van der Waals surface area contributed by atoms with E-state index in [0.29, 0.717) is 0 Å². The summed E-state index contributed by atoms with van der Waals surface area (Å²) in [6.45, 7) is 5.56. The predicted molar refractivity (Wildman–Crippen MR) is 58.1 cm³/mol. The van der Waals surface area contributed by atoms with Crippen LogP contribution in [0.15, 0.2) is 18.2 Å². The van der Waals surface area contributed by atoms with Crippen molar-refractivity contribution in [3.05, 3.63) is 29.6 Å². The highest BCUT2D eigenvalue weighted by atomic mass is 16.5. The lowest BCUT2D eigenvalue weighted by atomic mass is 10.4. The van der Waals surface area contributed by atoms with Gasteiger partial charge in [0.15, 0.2) is 0 Å². The first kappa shape index (κ1) is 12.2. The molecule has 0 spiro atoms. The topological polar surface area (TPSA) is 61.2 Å². The molecule has 0 radical (unpaired) electrons. The minimum Gasteiger partial charge on any atom is -0.463 e. The normalized spacial score (nSPS) is 10.7. The van der Waals surface area contributed by atoms with Crippen LogP contribution in [0.4, 0.5) is 0 Å². The molecule has 0 fully saturated rings. The molecule has 1 rings (SSSR count). The first-order valence-electron chi connectivity index (χ1n) is 4.97. The Morgan fingerprint density at radius 3 is 2.62 bits per heavy atom. The maximum absolute atomic E-state index is 11.6. The summed E-state index contributed by atoms with van der Waals surface area (Å²) < 4.78 is 5.90. The van der Waals surface area contributed by atoms with Gasteiger partial charge >= 0.3 is 5.97 Å². The van der Waals surface area contributed by atoms with Crippen molar-refractivity contribution < 1.29 is 14.3 Å². The van der Waals surface area contributed by atoms with E-state index in [-0.39, 0.29) is 12.5 Å². The van der Waals surface area contributed by atoms with Gasteiger partial charge in [-0.1, -0.05) is 0 Å². The Balaban J connectivity index is 2.73. The lowest BCUT2D eigenvalue weighted by Gasteiger charge is -1.97. The molecule has 0 aromatic carbocycles. The van der Waals surface area contributed by atoms with E-state index in [1.807, 2.05) is 0 Å². The first-order valence-corrected chi connectivity index (χ1v) is 4.97. The fraction of sp³-hybridized carbons (Fsp3) is 0.364. The van der Waals surface area contributed by atoms with Crippen LogP contribution in [0.2, 0.25) is 0 Å². The number of aromatic nitrogens is 2. The zero-order valence-electron chi connectivity index (χ0n) is 9.56. The number of ether oxygens (including phenoxy) is 1. The van der Waals surface area contributed by atoms with Gasteiger partial charge in [0.2, 0.25) is 0 Å². The van der Waals surface area contributed by atoms with Crippen LogP contribution in [-0.2, 0) is 9.53 Å². The molecule has 0 saturated heterocycles. The molecular weight excluding hydrogens is 208 g/mol. The number of aryl methyl sites for hydroxylation is 2. The third kappa shape index (κ3) is 3.05. The molecule has 1 heterocycles. The maximum atomic E-state index is 11.6. The zero-order chi connectivity index (χ0) is 12.1. The third-order valence-corrected chi connectivity index (χ3v) is 1.87. The van der Waals surface area contributed by atoms with E-state index in [2.05, 4.69) is 9.84 Å². The molecule has 0 aliphatic rings. The van der Waals surface area contributed by atoms with Crippen LogP contribution in [0.1, 0.15) is 23.1 Å². The number of hydrogen-bond donors (Lipinski definition) is 0. The van der Waals surface area contributed by atoms with Crippen LogP contribution in [0.25, 0.3) is 0 Å². The minimum atomic E-state index is -0.530. The van der Waals surface area contributed by atoms with Crippen LogP contribution in [0.3, 0.4) is 0 Å². The molecule has 5 heteroatoms. The molecule has 0 unspecified atom stereocenters. The highest BCUT2D eigenvalue weighted by Gasteiger charge is 2.07. The molecule has 86 valence electrons. The number of carbonyl (C=O) groups is 2. The molecular formula is C11H14N2O3. The molecule has 0 atom stereocenters. The average molecular weight is 222 g/mol. The van der Waals surface area contributed by atoms with Gasteiger partial charge in [-0.3, -0.25) is 4.79 Å². The number of carbonyl (C=O) groups excluding carboxylic acids is 2. The Morgan fingerprint density at radius 1 is 1.44 bits per heavy atom. The lowest BCUT2D eigenvalue weighted by Crippen LogP contribution is -2.12. The van der Waals surface area contributed by atoms with Crippen LogP contribution in [0, 0.1) is 13.8 Å². The summed E-state index contributed by atoms with van der Waals surface area (Å²) in [7, 11) is 0. The maximum Gasteiger partial charge on any atom is 0.330 e. The molecule has 0 aliphatic carbocycles. The fourth-order valence-corrected chi connectivity index (χ4v) is 1.25. The van der Waals surface area contributed by atoms with Gasteiger partial charge in [-0.05, 0) is 26.8 Å². The largest absolute Gasteiger partial charge is 0.463 e. The monoisotopic (exact) mass is 222 g/mol. The second kappa shape index (κ2) is 5.25. The van der Waals surface area contributed by atoms with Crippen LogP contribution >= 0.6 is 0 Å². The van der Waals surface area contributed by atoms with Crippen molar-refractivity contribution in [3.8, 4) is 0 Å². The highest BCUT2D eigenvalue weighted by molar-refractivity contribution is 5.95. The Labute approximate surface area is 93.7 Å². The third-order valence-electron chi connectivity index (χ3n) is 1.87. The van der Waals surface area contributed by atoms with Crippen molar-refractivity contribution in [3.63, 3.8) is 0 Å². The van der Waals surface area contributed by atoms with Gasteiger partial charge in [0.25, 0.3) is 5.91 Å². The van der Waals surface area contributed by atoms with Crippen molar-refractivity contribution in [2.45, 2.75) is 20.8 Å². The summed E-state index contributed by atoms with van der Waals surface area (Å²) in [5.74, 6) is -0.893.